The molecule has 0 aromatic heterocycles. The van der Waals surface area contributed by atoms with Gasteiger partial charge in [0.1, 0.15) is 0 Å². The Kier molecular flexibility index (Phi) is 3.04. The van der Waals surface area contributed by atoms with E-state index in [9.17, 15) is 0 Å². The van der Waals surface area contributed by atoms with Gasteiger partial charge in [-0.25, -0.2) is 0 Å². The Bertz CT molecular complexity index is 277. The molecule has 1 aromatic carbocycles. The van der Waals surface area contributed by atoms with Crippen LogP contribution in [0.4, 0.5) is 5.69 Å². The maximum Gasteiger partial charge on any atom is 0.0681 e. The first-order valence-electron chi connectivity index (χ1n) is 5.32. The molecule has 1 aromatic rings. The minimum Gasteiger partial charge on any atom is -0.392 e. The van der Waals surface area contributed by atoms with E-state index in [0.29, 0.717) is 0 Å². The number of benzene rings is 1. The highest BCUT2D eigenvalue weighted by molar-refractivity contribution is 5.44. The van der Waals surface area contributed by atoms with Crippen molar-refractivity contribution in [2.24, 2.45) is 5.92 Å². The number of hydrogen-bond donors (Lipinski definition) is 2. The van der Waals surface area contributed by atoms with E-state index >= 15 is 0 Å². The second kappa shape index (κ2) is 4.47. The summed E-state index contributed by atoms with van der Waals surface area (Å²) in [5.41, 5.74) is 2.13. The van der Waals surface area contributed by atoms with Gasteiger partial charge in [-0.15, -0.1) is 0 Å². The molecule has 1 saturated carbocycles. The van der Waals surface area contributed by atoms with E-state index in [2.05, 4.69) is 5.32 Å². The monoisotopic (exact) mass is 191 g/mol. The first kappa shape index (κ1) is 9.53. The molecule has 2 rings (SSSR count). The van der Waals surface area contributed by atoms with Crippen LogP contribution in [0.25, 0.3) is 0 Å². The molecule has 0 spiro atoms. The van der Waals surface area contributed by atoms with Crippen molar-refractivity contribution >= 4 is 5.69 Å². The highest BCUT2D eigenvalue weighted by atomic mass is 16.3. The van der Waals surface area contributed by atoms with Crippen LogP contribution in [0.15, 0.2) is 24.3 Å². The standard InChI is InChI=1S/C12H17NO/c14-9-11-4-6-12(7-5-11)13-8-10-2-1-3-10/h4-7,10,13-14H,1-3,8-9H2. The van der Waals surface area contributed by atoms with Crippen LogP contribution >= 0.6 is 0 Å². The van der Waals surface area contributed by atoms with Crippen LogP contribution in [-0.2, 0) is 6.61 Å². The Balaban J connectivity index is 1.83. The summed E-state index contributed by atoms with van der Waals surface area (Å²) in [6, 6.07) is 7.99. The summed E-state index contributed by atoms with van der Waals surface area (Å²) >= 11 is 0. The van der Waals surface area contributed by atoms with Gasteiger partial charge in [-0.05, 0) is 36.5 Å². The fourth-order valence-corrected chi connectivity index (χ4v) is 1.69. The molecule has 0 saturated heterocycles. The molecule has 2 nitrogen and oxygen atoms in total. The SMILES string of the molecule is OCc1ccc(NCC2CCC2)cc1. The molecule has 0 unspecified atom stereocenters. The van der Waals surface area contributed by atoms with Crippen LogP contribution in [0.2, 0.25) is 0 Å². The largest absolute Gasteiger partial charge is 0.392 e. The van der Waals surface area contributed by atoms with Gasteiger partial charge in [0.25, 0.3) is 0 Å². The van der Waals surface area contributed by atoms with Crippen molar-refractivity contribution in [1.82, 2.24) is 0 Å². The highest BCUT2D eigenvalue weighted by Crippen LogP contribution is 2.26. The molecule has 1 aliphatic rings. The summed E-state index contributed by atoms with van der Waals surface area (Å²) in [5, 5.41) is 12.3. The molecule has 0 atom stereocenters. The summed E-state index contributed by atoms with van der Waals surface area (Å²) < 4.78 is 0. The van der Waals surface area contributed by atoms with Gasteiger partial charge in [-0.3, -0.25) is 0 Å². The van der Waals surface area contributed by atoms with Gasteiger partial charge in [0.15, 0.2) is 0 Å². The Morgan fingerprint density at radius 1 is 1.21 bits per heavy atom. The lowest BCUT2D eigenvalue weighted by molar-refractivity contribution is 0.282. The van der Waals surface area contributed by atoms with E-state index in [1.54, 1.807) is 0 Å². The summed E-state index contributed by atoms with van der Waals surface area (Å²) in [6.45, 7) is 1.22. The molecule has 76 valence electrons. The average Bonchev–Trinajstić information content (AvgIpc) is 2.16. The summed E-state index contributed by atoms with van der Waals surface area (Å²) in [7, 11) is 0. The Hall–Kier alpha value is -1.02. The normalized spacial score (nSPS) is 16.4. The number of rotatable bonds is 4. The van der Waals surface area contributed by atoms with Crippen molar-refractivity contribution in [2.75, 3.05) is 11.9 Å². The number of aliphatic hydroxyl groups excluding tert-OH is 1. The fourth-order valence-electron chi connectivity index (χ4n) is 1.69. The predicted molar refractivity (Wildman–Crippen MR) is 58.2 cm³/mol. The third-order valence-corrected chi connectivity index (χ3v) is 2.96. The van der Waals surface area contributed by atoms with E-state index in [4.69, 9.17) is 5.11 Å². The molecule has 14 heavy (non-hydrogen) atoms. The van der Waals surface area contributed by atoms with Crippen molar-refractivity contribution in [3.63, 3.8) is 0 Å². The maximum atomic E-state index is 8.87. The van der Waals surface area contributed by atoms with E-state index in [1.165, 1.54) is 19.3 Å². The molecule has 2 N–H and O–H groups in total. The van der Waals surface area contributed by atoms with Crippen molar-refractivity contribution in [3.8, 4) is 0 Å². The number of anilines is 1. The van der Waals surface area contributed by atoms with Crippen LogP contribution in [0, 0.1) is 5.92 Å². The fraction of sp³-hybridized carbons (Fsp3) is 0.500. The molecule has 0 bridgehead atoms. The molecular weight excluding hydrogens is 174 g/mol. The lowest BCUT2D eigenvalue weighted by Crippen LogP contribution is -2.20. The second-order valence-corrected chi connectivity index (χ2v) is 4.03. The van der Waals surface area contributed by atoms with Crippen LogP contribution in [0.3, 0.4) is 0 Å². The van der Waals surface area contributed by atoms with Gasteiger partial charge in [0, 0.05) is 12.2 Å². The minimum absolute atomic E-state index is 0.128. The zero-order valence-electron chi connectivity index (χ0n) is 8.37. The quantitative estimate of drug-likeness (QED) is 0.766. The third kappa shape index (κ3) is 2.26. The Morgan fingerprint density at radius 2 is 1.93 bits per heavy atom. The lowest BCUT2D eigenvalue weighted by atomic mass is 9.85. The van der Waals surface area contributed by atoms with Crippen LogP contribution < -0.4 is 5.32 Å². The highest BCUT2D eigenvalue weighted by Gasteiger charge is 2.16. The smallest absolute Gasteiger partial charge is 0.0681 e. The van der Waals surface area contributed by atoms with Gasteiger partial charge in [0.05, 0.1) is 6.61 Å². The lowest BCUT2D eigenvalue weighted by Gasteiger charge is -2.25. The van der Waals surface area contributed by atoms with Crippen LogP contribution in [-0.4, -0.2) is 11.7 Å². The molecule has 1 aliphatic carbocycles. The Labute approximate surface area is 85.0 Å². The summed E-state index contributed by atoms with van der Waals surface area (Å²) in [4.78, 5) is 0. The van der Waals surface area contributed by atoms with Gasteiger partial charge in [0.2, 0.25) is 0 Å². The van der Waals surface area contributed by atoms with E-state index in [-0.39, 0.29) is 6.61 Å². The van der Waals surface area contributed by atoms with Gasteiger partial charge in [-0.1, -0.05) is 18.6 Å². The number of aliphatic hydroxyl groups is 1. The third-order valence-electron chi connectivity index (χ3n) is 2.96. The first-order valence-corrected chi connectivity index (χ1v) is 5.32. The number of nitrogens with one attached hydrogen (secondary N) is 1. The molecule has 2 heteroatoms. The first-order chi connectivity index (χ1) is 6.88. The van der Waals surface area contributed by atoms with Crippen LogP contribution in [0.5, 0.6) is 0 Å². The molecule has 0 aliphatic heterocycles. The van der Waals surface area contributed by atoms with Crippen molar-refractivity contribution in [3.05, 3.63) is 29.8 Å². The Morgan fingerprint density at radius 3 is 2.43 bits per heavy atom. The second-order valence-electron chi connectivity index (χ2n) is 4.03. The zero-order chi connectivity index (χ0) is 9.80. The molecule has 0 heterocycles. The van der Waals surface area contributed by atoms with Crippen molar-refractivity contribution < 1.29 is 5.11 Å². The van der Waals surface area contributed by atoms with Gasteiger partial charge in [-0.2, -0.15) is 0 Å². The topological polar surface area (TPSA) is 32.3 Å². The molecular formula is C12H17NO. The maximum absolute atomic E-state index is 8.87. The molecule has 1 fully saturated rings. The van der Waals surface area contributed by atoms with Crippen molar-refractivity contribution in [1.29, 1.82) is 0 Å². The summed E-state index contributed by atoms with van der Waals surface area (Å²) in [5.74, 6) is 0.882. The predicted octanol–water partition coefficient (Wildman–Crippen LogP) is 2.39. The van der Waals surface area contributed by atoms with Gasteiger partial charge >= 0.3 is 0 Å². The van der Waals surface area contributed by atoms with E-state index in [0.717, 1.165) is 23.7 Å². The minimum atomic E-state index is 0.128. The van der Waals surface area contributed by atoms with Crippen molar-refractivity contribution in [2.45, 2.75) is 25.9 Å². The number of hydrogen-bond acceptors (Lipinski definition) is 2. The van der Waals surface area contributed by atoms with Gasteiger partial charge < -0.3 is 10.4 Å². The van der Waals surface area contributed by atoms with E-state index in [1.807, 2.05) is 24.3 Å². The van der Waals surface area contributed by atoms with E-state index < -0.39 is 0 Å². The summed E-state index contributed by atoms with van der Waals surface area (Å²) in [6.07, 6.45) is 4.15. The molecule has 0 amide bonds. The zero-order valence-corrected chi connectivity index (χ0v) is 8.37. The van der Waals surface area contributed by atoms with Crippen LogP contribution in [0.1, 0.15) is 24.8 Å². The molecule has 0 radical (unpaired) electrons. The average molecular weight is 191 g/mol.